The molecule has 3 heteroatoms. The molecule has 3 nitrogen and oxygen atoms in total. The second-order valence-corrected chi connectivity index (χ2v) is 6.79. The Labute approximate surface area is 157 Å². The van der Waals surface area contributed by atoms with Crippen molar-refractivity contribution in [3.8, 4) is 0 Å². The van der Waals surface area contributed by atoms with Crippen molar-refractivity contribution in [2.24, 2.45) is 0 Å². The molecule has 150 valence electrons. The van der Waals surface area contributed by atoms with Crippen LogP contribution in [0.4, 0.5) is 0 Å². The second kappa shape index (κ2) is 21.7. The maximum absolute atomic E-state index is 8.67. The molecule has 0 fully saturated rings. The first kappa shape index (κ1) is 24.6. The predicted molar refractivity (Wildman–Crippen MR) is 108 cm³/mol. The number of aliphatic hydroxyl groups excluding tert-OH is 1. The van der Waals surface area contributed by atoms with E-state index in [2.05, 4.69) is 12.2 Å². The first-order chi connectivity index (χ1) is 12.3. The number of unbranched alkanes of at least 4 members (excludes halogenated alkanes) is 11. The quantitative estimate of drug-likeness (QED) is 0.156. The van der Waals surface area contributed by atoms with E-state index < -0.39 is 0 Å². The van der Waals surface area contributed by atoms with Gasteiger partial charge in [-0.1, -0.05) is 69.9 Å². The molecule has 0 heterocycles. The highest BCUT2D eigenvalue weighted by atomic mass is 16.7. The van der Waals surface area contributed by atoms with Gasteiger partial charge in [0.2, 0.25) is 0 Å². The number of allylic oxidation sites excluding steroid dienone is 1. The highest BCUT2D eigenvalue weighted by molar-refractivity contribution is 4.80. The lowest BCUT2D eigenvalue weighted by molar-refractivity contribution is -0.140. The molecular weight excluding hydrogens is 312 g/mol. The fraction of sp³-hybridized carbons (Fsp3) is 0.909. The summed E-state index contributed by atoms with van der Waals surface area (Å²) in [5, 5.41) is 8.67. The van der Waals surface area contributed by atoms with Gasteiger partial charge in [-0.15, -0.1) is 0 Å². The second-order valence-electron chi connectivity index (χ2n) is 6.79. The third-order valence-electron chi connectivity index (χ3n) is 4.48. The summed E-state index contributed by atoms with van der Waals surface area (Å²) in [4.78, 5) is 0. The van der Waals surface area contributed by atoms with Crippen LogP contribution >= 0.6 is 0 Å². The van der Waals surface area contributed by atoms with E-state index in [-0.39, 0.29) is 12.9 Å². The van der Waals surface area contributed by atoms with E-state index in [0.717, 1.165) is 26.1 Å². The summed E-state index contributed by atoms with van der Waals surface area (Å²) >= 11 is 0. The molecule has 0 amide bonds. The lowest BCUT2D eigenvalue weighted by Crippen LogP contribution is -2.17. The number of ether oxygens (including phenoxy) is 2. The number of rotatable bonds is 20. The highest BCUT2D eigenvalue weighted by Crippen LogP contribution is 2.14. The number of aliphatic hydroxyl groups is 1. The molecule has 0 atom stereocenters. The van der Waals surface area contributed by atoms with Crippen molar-refractivity contribution in [1.82, 2.24) is 0 Å². The zero-order chi connectivity index (χ0) is 18.4. The molecule has 0 saturated heterocycles. The van der Waals surface area contributed by atoms with Crippen LogP contribution in [-0.4, -0.2) is 31.2 Å². The summed E-state index contributed by atoms with van der Waals surface area (Å²) < 4.78 is 11.1. The molecular formula is C22H44O3. The molecule has 0 spiro atoms. The smallest absolute Gasteiger partial charge is 0.157 e. The Morgan fingerprint density at radius 2 is 1.08 bits per heavy atom. The molecule has 0 unspecified atom stereocenters. The zero-order valence-corrected chi connectivity index (χ0v) is 17.0. The van der Waals surface area contributed by atoms with Gasteiger partial charge in [-0.2, -0.15) is 0 Å². The van der Waals surface area contributed by atoms with Crippen LogP contribution in [0, 0.1) is 0 Å². The van der Waals surface area contributed by atoms with Crippen LogP contribution in [-0.2, 0) is 9.47 Å². The van der Waals surface area contributed by atoms with Crippen LogP contribution in [0.3, 0.4) is 0 Å². The number of hydrogen-bond donors (Lipinski definition) is 1. The molecule has 0 bridgehead atoms. The molecule has 0 aliphatic rings. The van der Waals surface area contributed by atoms with Gasteiger partial charge in [-0.3, -0.25) is 0 Å². The summed E-state index contributed by atoms with van der Waals surface area (Å²) in [6, 6.07) is 0. The van der Waals surface area contributed by atoms with Crippen LogP contribution in [0.5, 0.6) is 0 Å². The standard InChI is InChI=1S/C22H44O3/c1-3-24-22(25-4-2)20-18-16-14-12-10-8-6-5-7-9-11-13-15-17-19-21-23/h15,17,22-23H,3-14,16,18-21H2,1-2H3/b17-15-. The van der Waals surface area contributed by atoms with E-state index in [9.17, 15) is 0 Å². The molecule has 0 aromatic rings. The van der Waals surface area contributed by atoms with E-state index in [0.29, 0.717) is 0 Å². The van der Waals surface area contributed by atoms with Crippen LogP contribution in [0.25, 0.3) is 0 Å². The van der Waals surface area contributed by atoms with Crippen molar-refractivity contribution < 1.29 is 14.6 Å². The Bertz CT molecular complexity index is 260. The van der Waals surface area contributed by atoms with Gasteiger partial charge in [-0.25, -0.2) is 0 Å². The van der Waals surface area contributed by atoms with E-state index in [1.54, 1.807) is 0 Å². The van der Waals surface area contributed by atoms with E-state index in [1.165, 1.54) is 77.0 Å². The van der Waals surface area contributed by atoms with Gasteiger partial charge in [0.15, 0.2) is 6.29 Å². The van der Waals surface area contributed by atoms with E-state index in [4.69, 9.17) is 14.6 Å². The first-order valence-corrected chi connectivity index (χ1v) is 10.8. The summed E-state index contributed by atoms with van der Waals surface area (Å²) in [5.41, 5.74) is 0. The lowest BCUT2D eigenvalue weighted by atomic mass is 10.0. The van der Waals surface area contributed by atoms with E-state index >= 15 is 0 Å². The zero-order valence-electron chi connectivity index (χ0n) is 17.0. The summed E-state index contributed by atoms with van der Waals surface area (Å²) in [5.74, 6) is 0. The van der Waals surface area contributed by atoms with Crippen molar-refractivity contribution in [3.63, 3.8) is 0 Å². The van der Waals surface area contributed by atoms with Crippen molar-refractivity contribution in [3.05, 3.63) is 12.2 Å². The summed E-state index contributed by atoms with van der Waals surface area (Å²) in [7, 11) is 0. The van der Waals surface area contributed by atoms with Gasteiger partial charge in [0, 0.05) is 19.8 Å². The molecule has 0 aliphatic carbocycles. The predicted octanol–water partition coefficient (Wildman–Crippen LogP) is 6.40. The van der Waals surface area contributed by atoms with Gasteiger partial charge in [-0.05, 0) is 46.0 Å². The molecule has 0 aromatic heterocycles. The van der Waals surface area contributed by atoms with Gasteiger partial charge in [0.05, 0.1) is 0 Å². The number of hydrogen-bond acceptors (Lipinski definition) is 3. The molecule has 0 radical (unpaired) electrons. The average molecular weight is 357 g/mol. The highest BCUT2D eigenvalue weighted by Gasteiger charge is 2.06. The maximum Gasteiger partial charge on any atom is 0.157 e. The van der Waals surface area contributed by atoms with Crippen LogP contribution in [0.2, 0.25) is 0 Å². The van der Waals surface area contributed by atoms with Crippen LogP contribution in [0.15, 0.2) is 12.2 Å². The summed E-state index contributed by atoms with van der Waals surface area (Å²) in [6.45, 7) is 5.82. The third kappa shape index (κ3) is 19.8. The molecule has 25 heavy (non-hydrogen) atoms. The minimum atomic E-state index is 0.0140. The first-order valence-electron chi connectivity index (χ1n) is 10.8. The molecule has 0 saturated carbocycles. The molecule has 0 aromatic carbocycles. The van der Waals surface area contributed by atoms with Gasteiger partial charge in [0.1, 0.15) is 0 Å². The lowest BCUT2D eigenvalue weighted by Gasteiger charge is -2.16. The van der Waals surface area contributed by atoms with E-state index in [1.807, 2.05) is 13.8 Å². The minimum Gasteiger partial charge on any atom is -0.396 e. The molecule has 0 rings (SSSR count). The minimum absolute atomic E-state index is 0.0140. The Morgan fingerprint density at radius 3 is 1.56 bits per heavy atom. The largest absolute Gasteiger partial charge is 0.396 e. The van der Waals surface area contributed by atoms with Crippen molar-refractivity contribution in [1.29, 1.82) is 0 Å². The topological polar surface area (TPSA) is 38.7 Å². The maximum atomic E-state index is 8.67. The van der Waals surface area contributed by atoms with Crippen molar-refractivity contribution in [2.75, 3.05) is 19.8 Å². The van der Waals surface area contributed by atoms with Crippen LogP contribution < -0.4 is 0 Å². The Balaban J connectivity index is 3.18. The van der Waals surface area contributed by atoms with Crippen molar-refractivity contribution in [2.45, 2.75) is 110 Å². The Kier molecular flexibility index (Phi) is 21.3. The third-order valence-corrected chi connectivity index (χ3v) is 4.48. The average Bonchev–Trinajstić information content (AvgIpc) is 2.61. The fourth-order valence-electron chi connectivity index (χ4n) is 3.06. The van der Waals surface area contributed by atoms with Crippen LogP contribution in [0.1, 0.15) is 104 Å². The fourth-order valence-corrected chi connectivity index (χ4v) is 3.06. The molecule has 0 aliphatic heterocycles. The van der Waals surface area contributed by atoms with Gasteiger partial charge >= 0.3 is 0 Å². The Morgan fingerprint density at radius 1 is 0.640 bits per heavy atom. The van der Waals surface area contributed by atoms with Gasteiger partial charge < -0.3 is 14.6 Å². The monoisotopic (exact) mass is 356 g/mol. The SMILES string of the molecule is CCOC(CCCCCCCCCCCCC/C=C\CCO)OCC. The Hall–Kier alpha value is -0.380. The normalized spacial score (nSPS) is 11.8. The summed E-state index contributed by atoms with van der Waals surface area (Å²) in [6.07, 6.45) is 22.2. The van der Waals surface area contributed by atoms with Gasteiger partial charge in [0.25, 0.3) is 0 Å². The molecule has 1 N–H and O–H groups in total. The van der Waals surface area contributed by atoms with Crippen molar-refractivity contribution >= 4 is 0 Å².